The first-order chi connectivity index (χ1) is 7.26. The fourth-order valence-electron chi connectivity index (χ4n) is 0.942. The summed E-state index contributed by atoms with van der Waals surface area (Å²) in [7, 11) is 0. The lowest BCUT2D eigenvalue weighted by Gasteiger charge is -2.20. The highest BCUT2D eigenvalue weighted by atomic mass is 19.4. The molecule has 1 aromatic rings. The molecule has 0 spiro atoms. The maximum absolute atomic E-state index is 12.5. The predicted molar refractivity (Wildman–Crippen MR) is 46.0 cm³/mol. The van der Waals surface area contributed by atoms with Gasteiger partial charge in [0.05, 0.1) is 0 Å². The number of nitrogens with two attached hydrogens (primary N) is 1. The van der Waals surface area contributed by atoms with Crippen LogP contribution in [0, 0.1) is 0 Å². The van der Waals surface area contributed by atoms with Crippen LogP contribution < -0.4 is 10.5 Å². The van der Waals surface area contributed by atoms with Crippen molar-refractivity contribution in [2.45, 2.75) is 18.8 Å². The van der Waals surface area contributed by atoms with E-state index in [0.29, 0.717) is 5.56 Å². The van der Waals surface area contributed by atoms with Crippen molar-refractivity contribution in [1.29, 1.82) is 0 Å². The Morgan fingerprint density at radius 1 is 1.12 bits per heavy atom. The van der Waals surface area contributed by atoms with Gasteiger partial charge in [-0.25, -0.2) is 0 Å². The SMILES string of the molecule is NCc1cccc(OC(F)(F)C(F)(F)F)c1. The molecule has 0 radical (unpaired) electrons. The zero-order valence-electron chi connectivity index (χ0n) is 7.89. The lowest BCUT2D eigenvalue weighted by atomic mass is 10.2. The Balaban J connectivity index is 2.88. The Morgan fingerprint density at radius 2 is 1.75 bits per heavy atom. The van der Waals surface area contributed by atoms with E-state index >= 15 is 0 Å². The van der Waals surface area contributed by atoms with Crippen LogP contribution in [0.1, 0.15) is 5.56 Å². The molecule has 0 saturated carbocycles. The lowest BCUT2D eigenvalue weighted by molar-refractivity contribution is -0.360. The molecule has 7 heteroatoms. The average Bonchev–Trinajstić information content (AvgIpc) is 2.15. The molecule has 0 heterocycles. The van der Waals surface area contributed by atoms with E-state index in [0.717, 1.165) is 12.1 Å². The second kappa shape index (κ2) is 4.25. The monoisotopic (exact) mass is 241 g/mol. The quantitative estimate of drug-likeness (QED) is 0.825. The van der Waals surface area contributed by atoms with Gasteiger partial charge in [0, 0.05) is 6.54 Å². The molecule has 0 bridgehead atoms. The van der Waals surface area contributed by atoms with Crippen LogP contribution in [-0.4, -0.2) is 12.3 Å². The summed E-state index contributed by atoms with van der Waals surface area (Å²) in [5.41, 5.74) is 5.60. The molecule has 0 aliphatic carbocycles. The molecule has 1 rings (SSSR count). The molecule has 0 saturated heterocycles. The highest BCUT2D eigenvalue weighted by Crippen LogP contribution is 2.37. The minimum Gasteiger partial charge on any atom is -0.426 e. The number of alkyl halides is 5. The van der Waals surface area contributed by atoms with Crippen LogP contribution in [0.5, 0.6) is 5.75 Å². The molecule has 16 heavy (non-hydrogen) atoms. The first-order valence-electron chi connectivity index (χ1n) is 4.19. The van der Waals surface area contributed by atoms with Crippen molar-refractivity contribution < 1.29 is 26.7 Å². The van der Waals surface area contributed by atoms with E-state index in [2.05, 4.69) is 4.74 Å². The van der Waals surface area contributed by atoms with Crippen molar-refractivity contribution in [2.24, 2.45) is 5.73 Å². The van der Waals surface area contributed by atoms with Gasteiger partial charge >= 0.3 is 12.3 Å². The van der Waals surface area contributed by atoms with Gasteiger partial charge in [0.25, 0.3) is 0 Å². The van der Waals surface area contributed by atoms with Gasteiger partial charge in [0.2, 0.25) is 0 Å². The van der Waals surface area contributed by atoms with Crippen molar-refractivity contribution in [3.63, 3.8) is 0 Å². The summed E-state index contributed by atoms with van der Waals surface area (Å²) < 4.78 is 63.9. The standard InChI is InChI=1S/C9H8F5NO/c10-8(11,12)9(13,14)16-7-3-1-2-6(4-7)5-15/h1-4H,5,15H2. The number of benzene rings is 1. The van der Waals surface area contributed by atoms with Crippen LogP contribution in [-0.2, 0) is 6.54 Å². The topological polar surface area (TPSA) is 35.2 Å². The second-order valence-electron chi connectivity index (χ2n) is 2.97. The third kappa shape index (κ3) is 2.82. The minimum absolute atomic E-state index is 0.0226. The van der Waals surface area contributed by atoms with Crippen molar-refractivity contribution in [2.75, 3.05) is 0 Å². The van der Waals surface area contributed by atoms with Crippen LogP contribution in [0.3, 0.4) is 0 Å². The highest BCUT2D eigenvalue weighted by Gasteiger charge is 2.61. The van der Waals surface area contributed by atoms with Gasteiger partial charge in [-0.15, -0.1) is 0 Å². The Morgan fingerprint density at radius 3 is 2.25 bits per heavy atom. The molecule has 90 valence electrons. The highest BCUT2D eigenvalue weighted by molar-refractivity contribution is 5.28. The number of hydrogen-bond donors (Lipinski definition) is 1. The third-order valence-electron chi connectivity index (χ3n) is 1.71. The van der Waals surface area contributed by atoms with Crippen molar-refractivity contribution in [1.82, 2.24) is 0 Å². The molecule has 0 aliphatic rings. The largest absolute Gasteiger partial charge is 0.499 e. The molecule has 2 N–H and O–H groups in total. The van der Waals surface area contributed by atoms with E-state index in [9.17, 15) is 22.0 Å². The van der Waals surface area contributed by atoms with Crippen molar-refractivity contribution in [3.8, 4) is 5.75 Å². The molecular weight excluding hydrogens is 233 g/mol. The normalized spacial score (nSPS) is 12.6. The summed E-state index contributed by atoms with van der Waals surface area (Å²) in [6.45, 7) is 0.0226. The molecule has 0 aliphatic heterocycles. The minimum atomic E-state index is -5.74. The number of hydrogen-bond acceptors (Lipinski definition) is 2. The third-order valence-corrected chi connectivity index (χ3v) is 1.71. The van der Waals surface area contributed by atoms with Crippen LogP contribution in [0.25, 0.3) is 0 Å². The van der Waals surface area contributed by atoms with Gasteiger partial charge in [0.15, 0.2) is 0 Å². The Hall–Kier alpha value is -1.37. The Kier molecular flexibility index (Phi) is 3.37. The number of rotatable bonds is 3. The van der Waals surface area contributed by atoms with E-state index in [-0.39, 0.29) is 6.54 Å². The van der Waals surface area contributed by atoms with E-state index in [1.165, 1.54) is 12.1 Å². The predicted octanol–water partition coefficient (Wildman–Crippen LogP) is 2.68. The average molecular weight is 241 g/mol. The van der Waals surface area contributed by atoms with E-state index < -0.39 is 18.0 Å². The summed E-state index contributed by atoms with van der Waals surface area (Å²) in [6.07, 6.45) is -11.0. The zero-order valence-corrected chi connectivity index (χ0v) is 7.89. The summed E-state index contributed by atoms with van der Waals surface area (Å²) in [4.78, 5) is 0. The molecule has 0 atom stereocenters. The molecule has 2 nitrogen and oxygen atoms in total. The smallest absolute Gasteiger partial charge is 0.426 e. The van der Waals surface area contributed by atoms with E-state index in [1.54, 1.807) is 0 Å². The fourth-order valence-corrected chi connectivity index (χ4v) is 0.942. The molecule has 1 aromatic carbocycles. The van der Waals surface area contributed by atoms with E-state index in [1.807, 2.05) is 0 Å². The molecule has 0 unspecified atom stereocenters. The van der Waals surface area contributed by atoms with Gasteiger partial charge in [-0.2, -0.15) is 22.0 Å². The molecule has 0 aromatic heterocycles. The Bertz CT molecular complexity index is 363. The molecule has 0 amide bonds. The number of halogens is 5. The summed E-state index contributed by atoms with van der Waals surface area (Å²) in [5, 5.41) is 0. The van der Waals surface area contributed by atoms with Gasteiger partial charge in [-0.3, -0.25) is 0 Å². The van der Waals surface area contributed by atoms with Gasteiger partial charge in [-0.1, -0.05) is 12.1 Å². The summed E-state index contributed by atoms with van der Waals surface area (Å²) >= 11 is 0. The maximum Gasteiger partial charge on any atom is 0.499 e. The van der Waals surface area contributed by atoms with Crippen molar-refractivity contribution >= 4 is 0 Å². The lowest BCUT2D eigenvalue weighted by Crippen LogP contribution is -2.41. The Labute approximate surface area is 87.8 Å². The number of ether oxygens (including phenoxy) is 1. The molecular formula is C9H8F5NO. The van der Waals surface area contributed by atoms with Crippen LogP contribution in [0.15, 0.2) is 24.3 Å². The summed E-state index contributed by atoms with van der Waals surface area (Å²) in [5.74, 6) is -0.578. The van der Waals surface area contributed by atoms with Crippen LogP contribution in [0.2, 0.25) is 0 Å². The first-order valence-corrected chi connectivity index (χ1v) is 4.19. The van der Waals surface area contributed by atoms with Gasteiger partial charge in [-0.05, 0) is 17.7 Å². The fraction of sp³-hybridized carbons (Fsp3) is 0.333. The van der Waals surface area contributed by atoms with Crippen LogP contribution in [0.4, 0.5) is 22.0 Å². The second-order valence-corrected chi connectivity index (χ2v) is 2.97. The molecule has 0 fully saturated rings. The van der Waals surface area contributed by atoms with Crippen LogP contribution >= 0.6 is 0 Å². The maximum atomic E-state index is 12.5. The zero-order chi connectivity index (χ0) is 12.4. The van der Waals surface area contributed by atoms with E-state index in [4.69, 9.17) is 5.73 Å². The van der Waals surface area contributed by atoms with Gasteiger partial charge < -0.3 is 10.5 Å². The van der Waals surface area contributed by atoms with Gasteiger partial charge in [0.1, 0.15) is 5.75 Å². The summed E-state index contributed by atoms with van der Waals surface area (Å²) in [6, 6.07) is 4.79. The first kappa shape index (κ1) is 12.7. The van der Waals surface area contributed by atoms with Crippen molar-refractivity contribution in [3.05, 3.63) is 29.8 Å².